The lowest BCUT2D eigenvalue weighted by atomic mass is 9.94. The van der Waals surface area contributed by atoms with Crippen LogP contribution in [0.4, 0.5) is 30.7 Å². The predicted octanol–water partition coefficient (Wildman–Crippen LogP) is 5.83. The Morgan fingerprint density at radius 2 is 1.40 bits per heavy atom. The lowest BCUT2D eigenvalue weighted by molar-refractivity contribution is -0.165. The van der Waals surface area contributed by atoms with Crippen molar-refractivity contribution in [3.63, 3.8) is 0 Å². The first-order valence-electron chi connectivity index (χ1n) is 16.7. The summed E-state index contributed by atoms with van der Waals surface area (Å²) in [7, 11) is -1.42. The maximum Gasteiger partial charge on any atom is 0.405 e. The van der Waals surface area contributed by atoms with Gasteiger partial charge in [-0.15, -0.1) is 0 Å². The normalized spacial score (nSPS) is 14.3. The van der Waals surface area contributed by atoms with E-state index < -0.39 is 104 Å². The van der Waals surface area contributed by atoms with Gasteiger partial charge in [-0.25, -0.2) is 0 Å². The molecule has 3 atom stereocenters. The monoisotopic (exact) mass is 828 g/mol. The molecule has 0 saturated heterocycles. The second-order valence-corrected chi connectivity index (χ2v) is 19.6. The topological polar surface area (TPSA) is 152 Å². The highest BCUT2D eigenvalue weighted by Gasteiger charge is 2.52. The van der Waals surface area contributed by atoms with Crippen LogP contribution in [0, 0.1) is 5.92 Å². The summed E-state index contributed by atoms with van der Waals surface area (Å²) in [4.78, 5) is 65.8. The van der Waals surface area contributed by atoms with Crippen molar-refractivity contribution in [3.8, 4) is 5.75 Å². The number of Topliss-reactive ketones (excluding diaryl/α,β-unsaturated/α-hetero) is 1. The molecule has 0 aliphatic rings. The van der Waals surface area contributed by atoms with Crippen molar-refractivity contribution in [2.24, 2.45) is 5.92 Å². The Bertz CT molecular complexity index is 1700. The van der Waals surface area contributed by atoms with Crippen molar-refractivity contribution in [1.29, 1.82) is 0 Å². The largest absolute Gasteiger partial charge is 0.497 e. The summed E-state index contributed by atoms with van der Waals surface area (Å²) in [6.07, 6.45) is -5.08. The van der Waals surface area contributed by atoms with Crippen LogP contribution in [0.25, 0.3) is 0 Å². The van der Waals surface area contributed by atoms with E-state index >= 15 is 8.78 Å². The van der Waals surface area contributed by atoms with Crippen LogP contribution in [0.5, 0.6) is 5.75 Å². The molecule has 0 aliphatic carbocycles. The highest BCUT2D eigenvalue weighted by atomic mass is 35.5. The molecule has 55 heavy (non-hydrogen) atoms. The summed E-state index contributed by atoms with van der Waals surface area (Å²) >= 11 is 5.85. The summed E-state index contributed by atoms with van der Waals surface area (Å²) in [5, 5.41) is 6.66. The van der Waals surface area contributed by atoms with Gasteiger partial charge in [-0.3, -0.25) is 24.0 Å². The third kappa shape index (κ3) is 12.6. The first-order valence-corrected chi connectivity index (χ1v) is 19.9. The molecule has 0 unspecified atom stereocenters. The zero-order valence-corrected chi connectivity index (χ0v) is 33.0. The van der Waals surface area contributed by atoms with E-state index in [0.717, 1.165) is 17.4 Å². The zero-order chi connectivity index (χ0) is 42.3. The Morgan fingerprint density at radius 3 is 1.89 bits per heavy atom. The van der Waals surface area contributed by atoms with Crippen molar-refractivity contribution in [1.82, 2.24) is 21.3 Å². The van der Waals surface area contributed by atoms with Gasteiger partial charge in [0.25, 0.3) is 11.8 Å². The number of hydrogen-bond donors (Lipinski definition) is 4. The highest BCUT2D eigenvalue weighted by Crippen LogP contribution is 2.37. The van der Waals surface area contributed by atoms with Gasteiger partial charge in [0.1, 0.15) is 24.4 Å². The van der Waals surface area contributed by atoms with Crippen LogP contribution in [-0.4, -0.2) is 82.2 Å². The summed E-state index contributed by atoms with van der Waals surface area (Å²) in [6, 6.07) is 3.50. The Morgan fingerprint density at radius 1 is 0.818 bits per heavy atom. The summed E-state index contributed by atoms with van der Waals surface area (Å²) in [6.45, 7) is 8.65. The number of ether oxygens (including phenoxy) is 1. The number of ketones is 1. The quantitative estimate of drug-likeness (QED) is 0.0891. The summed E-state index contributed by atoms with van der Waals surface area (Å²) < 4.78 is 110. The van der Waals surface area contributed by atoms with Crippen molar-refractivity contribution >= 4 is 49.3 Å². The van der Waals surface area contributed by atoms with E-state index in [0.29, 0.717) is 0 Å². The van der Waals surface area contributed by atoms with Crippen LogP contribution < -0.4 is 26.0 Å². The van der Waals surface area contributed by atoms with Gasteiger partial charge in [-0.2, -0.15) is 30.7 Å². The molecule has 2 rings (SSSR count). The molecule has 0 heterocycles. The minimum atomic E-state index is -5.08. The third-order valence-electron chi connectivity index (χ3n) is 8.80. The molecule has 0 aliphatic heterocycles. The van der Waals surface area contributed by atoms with E-state index in [9.17, 15) is 45.9 Å². The second kappa shape index (κ2) is 18.1. The van der Waals surface area contributed by atoms with Gasteiger partial charge in [-0.05, 0) is 53.9 Å². The van der Waals surface area contributed by atoms with E-state index in [1.165, 1.54) is 57.4 Å². The van der Waals surface area contributed by atoms with Crippen molar-refractivity contribution in [3.05, 3.63) is 64.7 Å². The third-order valence-corrected chi connectivity index (χ3v) is 13.5. The Labute approximate surface area is 319 Å². The first-order chi connectivity index (χ1) is 25.0. The molecular formula is C35H44ClF7N4O7Si. The Kier molecular flexibility index (Phi) is 15.5. The minimum Gasteiger partial charge on any atom is -0.497 e. The maximum atomic E-state index is 15.4. The molecule has 0 bridgehead atoms. The Hall–Kier alpha value is -4.23. The number of rotatable bonds is 17. The van der Waals surface area contributed by atoms with Crippen LogP contribution in [0.1, 0.15) is 51.8 Å². The van der Waals surface area contributed by atoms with Gasteiger partial charge >= 0.3 is 18.0 Å². The molecule has 0 aromatic heterocycles. The second-order valence-electron chi connectivity index (χ2n) is 14.4. The number of halogens is 8. The number of hydrogen-bond acceptors (Lipinski definition) is 7. The van der Waals surface area contributed by atoms with E-state index in [-0.39, 0.29) is 16.3 Å². The average molecular weight is 829 g/mol. The average Bonchev–Trinajstić information content (AvgIpc) is 3.08. The van der Waals surface area contributed by atoms with Crippen LogP contribution >= 0.6 is 11.6 Å². The molecule has 0 radical (unpaired) electrons. The van der Waals surface area contributed by atoms with Gasteiger partial charge in [-0.1, -0.05) is 70.5 Å². The number of nitrogens with one attached hydrogen (secondary N) is 4. The van der Waals surface area contributed by atoms with Crippen molar-refractivity contribution < 1.29 is 63.9 Å². The van der Waals surface area contributed by atoms with Crippen LogP contribution in [0.15, 0.2) is 48.5 Å². The van der Waals surface area contributed by atoms with Crippen LogP contribution in [-0.2, 0) is 34.3 Å². The van der Waals surface area contributed by atoms with Crippen LogP contribution in [0.3, 0.4) is 0 Å². The molecule has 4 N–H and O–H groups in total. The van der Waals surface area contributed by atoms with Crippen molar-refractivity contribution in [2.45, 2.75) is 88.9 Å². The predicted molar refractivity (Wildman–Crippen MR) is 190 cm³/mol. The standard InChI is InChI=1S/C35H44ClF7N4O7Si/c1-19(2)25(27(48)35(42,43)30(51)44-18-33(37,38)39)46-29(50)26(20-12-14-23(53-6)15-13-20)47-28(49)24(17-54-55(7,8)32(3,4)5)45-31(52)34(40,41)21-10-9-11-22(36)16-21/h9-16,19,24-26H,17-18H2,1-8H3,(H,44,51)(H,45,52)(H,46,50)(H,47,49)/t24-,25-,26-/m0/s1. The minimum absolute atomic E-state index is 0.0593. The Balaban J connectivity index is 2.55. The van der Waals surface area contributed by atoms with Gasteiger partial charge in [0, 0.05) is 10.6 Å². The van der Waals surface area contributed by atoms with Gasteiger partial charge in [0.05, 0.1) is 19.8 Å². The van der Waals surface area contributed by atoms with Crippen molar-refractivity contribution in [2.75, 3.05) is 20.3 Å². The molecule has 0 spiro atoms. The molecule has 11 nitrogen and oxygen atoms in total. The maximum absolute atomic E-state index is 15.4. The molecule has 0 fully saturated rings. The number of benzene rings is 2. The number of carbonyl (C=O) groups is 5. The summed E-state index contributed by atoms with van der Waals surface area (Å²) in [5.74, 6) is -19.5. The smallest absolute Gasteiger partial charge is 0.405 e. The van der Waals surface area contributed by atoms with Gasteiger partial charge in [0.2, 0.25) is 17.6 Å². The molecule has 4 amide bonds. The van der Waals surface area contributed by atoms with Gasteiger partial charge < -0.3 is 30.4 Å². The lowest BCUT2D eigenvalue weighted by Gasteiger charge is -2.37. The lowest BCUT2D eigenvalue weighted by Crippen LogP contribution is -2.59. The van der Waals surface area contributed by atoms with Crippen LogP contribution in [0.2, 0.25) is 23.2 Å². The van der Waals surface area contributed by atoms with E-state index in [1.54, 1.807) is 13.1 Å². The molecule has 306 valence electrons. The van der Waals surface area contributed by atoms with E-state index in [1.807, 2.05) is 31.4 Å². The first kappa shape index (κ1) is 46.9. The number of methoxy groups -OCH3 is 1. The molecule has 2 aromatic carbocycles. The van der Waals surface area contributed by atoms with E-state index in [4.69, 9.17) is 20.8 Å². The SMILES string of the molecule is COc1ccc([C@H](NC(=O)[C@H](CO[Si](C)(C)C(C)(C)C)NC(=O)C(F)(F)c2cccc(Cl)c2)C(=O)N[C@H](C(=O)C(F)(F)C(=O)NCC(F)(F)F)C(C)C)cc1. The highest BCUT2D eigenvalue weighted by molar-refractivity contribution is 6.74. The number of alkyl halides is 7. The summed E-state index contributed by atoms with van der Waals surface area (Å²) in [5.41, 5.74) is -0.860. The molecule has 0 saturated carbocycles. The zero-order valence-electron chi connectivity index (χ0n) is 31.2. The van der Waals surface area contributed by atoms with E-state index in [2.05, 4.69) is 5.32 Å². The molecular weight excluding hydrogens is 785 g/mol. The molecule has 20 heteroatoms. The fourth-order valence-corrected chi connectivity index (χ4v) is 5.67. The van der Waals surface area contributed by atoms with Gasteiger partial charge in [0.15, 0.2) is 8.32 Å². The number of amides is 4. The number of carbonyl (C=O) groups excluding carboxylic acids is 5. The molecule has 2 aromatic rings. The fraction of sp³-hybridized carbons (Fsp3) is 0.514. The fourth-order valence-electron chi connectivity index (χ4n) is 4.46.